The number of nitrogens with zero attached hydrogens (tertiary/aromatic N) is 2. The summed E-state index contributed by atoms with van der Waals surface area (Å²) in [7, 11) is 1.47. The van der Waals surface area contributed by atoms with E-state index < -0.39 is 19.0 Å². The third kappa shape index (κ3) is 8.15. The van der Waals surface area contributed by atoms with Crippen LogP contribution in [0.15, 0.2) is 91.0 Å². The predicted octanol–water partition coefficient (Wildman–Crippen LogP) is 1.70. The quantitative estimate of drug-likeness (QED) is 0.360. The number of hydrogen-bond donors (Lipinski definition) is 0. The van der Waals surface area contributed by atoms with Crippen molar-refractivity contribution in [2.45, 2.75) is 32.8 Å². The number of hydrogen-bond acceptors (Lipinski definition) is 3. The summed E-state index contributed by atoms with van der Waals surface area (Å²) in [5.41, 5.74) is -0.598. The zero-order valence-corrected chi connectivity index (χ0v) is 24.9. The molecule has 5 nitrogen and oxygen atoms in total. The van der Waals surface area contributed by atoms with Crippen LogP contribution in [0.5, 0.6) is 0 Å². The number of benzene rings is 3. The van der Waals surface area contributed by atoms with Gasteiger partial charge in [-0.25, -0.2) is 4.79 Å². The van der Waals surface area contributed by atoms with E-state index in [4.69, 9.17) is 4.74 Å². The van der Waals surface area contributed by atoms with E-state index in [1.165, 1.54) is 20.8 Å². The van der Waals surface area contributed by atoms with Crippen molar-refractivity contribution >= 4 is 35.2 Å². The third-order valence-corrected chi connectivity index (χ3v) is 10.6. The molecule has 0 radical (unpaired) electrons. The first kappa shape index (κ1) is 30.5. The molecule has 0 fully saturated rings. The number of rotatable bonds is 9. The number of carbonyl (C=O) groups excluding carboxylic acids is 2. The highest BCUT2D eigenvalue weighted by Gasteiger charge is 2.44. The molecule has 3 aromatic rings. The van der Waals surface area contributed by atoms with Crippen LogP contribution >= 0.6 is 7.26 Å². The molecule has 0 N–H and O–H groups in total. The lowest BCUT2D eigenvalue weighted by atomic mass is 10.2. The van der Waals surface area contributed by atoms with Gasteiger partial charge >= 0.3 is 6.09 Å². The molecule has 0 unspecified atom stereocenters. The van der Waals surface area contributed by atoms with Gasteiger partial charge in [-0.2, -0.15) is 0 Å². The minimum Gasteiger partial charge on any atom is -1.00 e. The topological polar surface area (TPSA) is 49.9 Å². The molecule has 0 heterocycles. The molecule has 0 aromatic heterocycles. The molecule has 0 aliphatic heterocycles. The molecule has 7 heteroatoms. The molecule has 0 bridgehead atoms. The van der Waals surface area contributed by atoms with Gasteiger partial charge in [0.05, 0.1) is 6.16 Å². The van der Waals surface area contributed by atoms with Crippen LogP contribution in [0, 0.1) is 0 Å². The van der Waals surface area contributed by atoms with Crippen LogP contribution in [0.3, 0.4) is 0 Å². The van der Waals surface area contributed by atoms with Gasteiger partial charge in [0.15, 0.2) is 0 Å². The molecule has 37 heavy (non-hydrogen) atoms. The Hall–Kier alpha value is -2.69. The predicted molar refractivity (Wildman–Crippen MR) is 151 cm³/mol. The molecule has 0 aliphatic rings. The molecule has 3 aromatic carbocycles. The third-order valence-electron chi connectivity index (χ3n) is 6.08. The van der Waals surface area contributed by atoms with Gasteiger partial charge in [0.25, 0.3) is 0 Å². The summed E-state index contributed by atoms with van der Waals surface area (Å²) in [4.78, 5) is 28.2. The van der Waals surface area contributed by atoms with E-state index in [1.807, 2.05) is 20.8 Å². The standard InChI is InChI=1S/C30H38N2O3P.BrH/c1-30(2,3)35-29(34)32(5)24-28(33)31(4)22-15-23-36(25-16-9-6-10-17-25,26-18-11-7-12-19-26)27-20-13-8-14-21-27;/h6-14,16-21H,15,22-24H2,1-5H3;1H/q+1;/p-1. The second-order valence-corrected chi connectivity index (χ2v) is 13.7. The molecular weight excluding hydrogens is 547 g/mol. The lowest BCUT2D eigenvalue weighted by Crippen LogP contribution is -3.00. The van der Waals surface area contributed by atoms with Crippen LogP contribution in [-0.2, 0) is 9.53 Å². The second-order valence-electron chi connectivity index (χ2n) is 10.0. The van der Waals surface area contributed by atoms with Crippen LogP contribution in [0.2, 0.25) is 0 Å². The maximum absolute atomic E-state index is 12.9. The Balaban J connectivity index is 0.00000481. The number of halogens is 1. The summed E-state index contributed by atoms with van der Waals surface area (Å²) in [6.07, 6.45) is 1.28. The summed E-state index contributed by atoms with van der Waals surface area (Å²) < 4.78 is 5.37. The molecule has 0 saturated carbocycles. The highest BCUT2D eigenvalue weighted by molar-refractivity contribution is 7.95. The van der Waals surface area contributed by atoms with Gasteiger partial charge in [-0.3, -0.25) is 4.79 Å². The molecule has 0 spiro atoms. The maximum Gasteiger partial charge on any atom is 0.410 e. The van der Waals surface area contributed by atoms with Gasteiger partial charge < -0.3 is 31.5 Å². The Labute approximate surface area is 232 Å². The maximum atomic E-state index is 12.9. The van der Waals surface area contributed by atoms with E-state index in [2.05, 4.69) is 91.0 Å². The van der Waals surface area contributed by atoms with Crippen LogP contribution in [0.1, 0.15) is 27.2 Å². The Kier molecular flexibility index (Phi) is 11.3. The van der Waals surface area contributed by atoms with Crippen molar-refractivity contribution in [1.82, 2.24) is 9.80 Å². The van der Waals surface area contributed by atoms with Crippen LogP contribution < -0.4 is 32.9 Å². The van der Waals surface area contributed by atoms with E-state index in [0.717, 1.165) is 12.6 Å². The molecule has 198 valence electrons. The van der Waals surface area contributed by atoms with Crippen LogP contribution in [0.4, 0.5) is 4.79 Å². The summed E-state index contributed by atoms with van der Waals surface area (Å²) in [5, 5.41) is 4.00. The van der Waals surface area contributed by atoms with Gasteiger partial charge in [0, 0.05) is 20.6 Å². The zero-order valence-electron chi connectivity index (χ0n) is 22.4. The number of likely N-dealkylation sites (N-methyl/N-ethyl adjacent to an activating group) is 2. The molecule has 3 rings (SSSR count). The average molecular weight is 586 g/mol. The second kappa shape index (κ2) is 13.7. The Morgan fingerprint density at radius 2 is 1.14 bits per heavy atom. The van der Waals surface area contributed by atoms with Crippen molar-refractivity contribution in [2.24, 2.45) is 0 Å². The normalized spacial score (nSPS) is 11.3. The first-order valence-corrected chi connectivity index (χ1v) is 14.3. The Bertz CT molecular complexity index is 1030. The smallest absolute Gasteiger partial charge is 0.410 e. The fourth-order valence-electron chi connectivity index (χ4n) is 4.28. The van der Waals surface area contributed by atoms with Gasteiger partial charge in [-0.15, -0.1) is 0 Å². The van der Waals surface area contributed by atoms with E-state index in [-0.39, 0.29) is 29.4 Å². The monoisotopic (exact) mass is 584 g/mol. The van der Waals surface area contributed by atoms with Crippen molar-refractivity contribution in [1.29, 1.82) is 0 Å². The molecule has 0 saturated heterocycles. The first-order valence-electron chi connectivity index (χ1n) is 12.4. The minimum absolute atomic E-state index is 0. The average Bonchev–Trinajstić information content (AvgIpc) is 2.87. The Morgan fingerprint density at radius 3 is 1.51 bits per heavy atom. The van der Waals surface area contributed by atoms with Crippen molar-refractivity contribution in [3.63, 3.8) is 0 Å². The summed E-state index contributed by atoms with van der Waals surface area (Å²) in [5.74, 6) is -0.105. The van der Waals surface area contributed by atoms with E-state index >= 15 is 0 Å². The Morgan fingerprint density at radius 1 is 0.730 bits per heavy atom. The lowest BCUT2D eigenvalue weighted by molar-refractivity contribution is -0.130. The van der Waals surface area contributed by atoms with Crippen molar-refractivity contribution < 1.29 is 31.3 Å². The van der Waals surface area contributed by atoms with E-state index in [0.29, 0.717) is 6.54 Å². The fraction of sp³-hybridized carbons (Fsp3) is 0.333. The zero-order chi connectivity index (χ0) is 26.2. The van der Waals surface area contributed by atoms with E-state index in [9.17, 15) is 9.59 Å². The number of ether oxygens (including phenoxy) is 1. The van der Waals surface area contributed by atoms with E-state index in [1.54, 1.807) is 19.0 Å². The van der Waals surface area contributed by atoms with Gasteiger partial charge in [-0.1, -0.05) is 54.6 Å². The summed E-state index contributed by atoms with van der Waals surface area (Å²) in [6.45, 7) is 6.04. The van der Waals surface area contributed by atoms with Crippen molar-refractivity contribution in [3.05, 3.63) is 91.0 Å². The summed E-state index contributed by atoms with van der Waals surface area (Å²) >= 11 is 0. The highest BCUT2D eigenvalue weighted by atomic mass is 79.9. The largest absolute Gasteiger partial charge is 1.00 e. The molecular formula is C30H38BrN2O3P. The van der Waals surface area contributed by atoms with Gasteiger partial charge in [0.1, 0.15) is 35.3 Å². The van der Waals surface area contributed by atoms with Gasteiger partial charge in [-0.05, 0) is 63.6 Å². The first-order chi connectivity index (χ1) is 17.1. The van der Waals surface area contributed by atoms with Crippen LogP contribution in [-0.4, -0.2) is 60.7 Å². The SMILES string of the molecule is CN(CCC[P+](c1ccccc1)(c1ccccc1)c1ccccc1)C(=O)CN(C)C(=O)OC(C)(C)C.[Br-]. The fourth-order valence-corrected chi connectivity index (χ4v) is 8.61. The molecule has 0 aliphatic carbocycles. The van der Waals surface area contributed by atoms with Crippen LogP contribution in [0.25, 0.3) is 0 Å². The molecule has 2 amide bonds. The van der Waals surface area contributed by atoms with Crippen molar-refractivity contribution in [2.75, 3.05) is 33.3 Å². The lowest BCUT2D eigenvalue weighted by Gasteiger charge is -2.29. The van der Waals surface area contributed by atoms with Gasteiger partial charge in [0.2, 0.25) is 5.91 Å². The summed E-state index contributed by atoms with van der Waals surface area (Å²) in [6, 6.07) is 32.2. The minimum atomic E-state index is -1.93. The number of amides is 2. The highest BCUT2D eigenvalue weighted by Crippen LogP contribution is 2.55. The number of carbonyl (C=O) groups is 2. The van der Waals surface area contributed by atoms with Crippen molar-refractivity contribution in [3.8, 4) is 0 Å². The molecule has 0 atom stereocenters.